The Balaban J connectivity index is 1.26. The number of thiazole rings is 1. The zero-order valence-electron chi connectivity index (χ0n) is 26.9. The van der Waals surface area contributed by atoms with Crippen LogP contribution in [-0.4, -0.2) is 49.6 Å². The Morgan fingerprint density at radius 3 is 2.57 bits per heavy atom. The average Bonchev–Trinajstić information content (AvgIpc) is 3.52. The molecule has 10 heteroatoms. The molecule has 1 fully saturated rings. The second kappa shape index (κ2) is 16.9. The highest BCUT2D eigenvalue weighted by atomic mass is 32.1. The van der Waals surface area contributed by atoms with E-state index in [1.165, 1.54) is 49.7 Å². The highest BCUT2D eigenvalue weighted by Gasteiger charge is 2.23. The zero-order valence-corrected chi connectivity index (χ0v) is 27.7. The molecular weight excluding hydrogens is 614 g/mol. The van der Waals surface area contributed by atoms with Crippen molar-refractivity contribution in [2.45, 2.75) is 57.5 Å². The molecule has 3 aromatic carbocycles. The van der Waals surface area contributed by atoms with Crippen LogP contribution in [0.25, 0.3) is 10.2 Å². The standard InChI is InChI=1S/C37H41N3O6S/c1-4-8-25-11-13-26(14-12-25)28-17-20-33(29(21-28)22-38-40-37-39-32-9-6-7-10-34(32)47-37)46-36(42)27-15-18-30(19-16-27)44-23-31(43-3)24-45-35(41)5-2/h5-7,9-10,15-22,25-26,31H,2,4,8,11-14,23-24H2,1,3H3,(H,39,40)/b38-22+. The molecule has 0 spiro atoms. The monoisotopic (exact) mass is 655 g/mol. The van der Waals surface area contributed by atoms with Gasteiger partial charge in [0.25, 0.3) is 0 Å². The van der Waals surface area contributed by atoms with Gasteiger partial charge in [-0.1, -0.05) is 55.9 Å². The molecule has 1 saturated carbocycles. The second-order valence-electron chi connectivity index (χ2n) is 11.6. The van der Waals surface area contributed by atoms with Crippen LogP contribution in [-0.2, 0) is 14.3 Å². The lowest BCUT2D eigenvalue weighted by Gasteiger charge is -2.29. The first-order valence-electron chi connectivity index (χ1n) is 16.0. The predicted molar refractivity (Wildman–Crippen MR) is 186 cm³/mol. The molecule has 0 aliphatic heterocycles. The third-order valence-corrected chi connectivity index (χ3v) is 9.29. The number of hydrogen-bond donors (Lipinski definition) is 1. The number of carbonyl (C=O) groups excluding carboxylic acids is 2. The molecule has 1 atom stereocenters. The molecule has 1 unspecified atom stereocenters. The highest BCUT2D eigenvalue weighted by Crippen LogP contribution is 2.38. The number of rotatable bonds is 15. The smallest absolute Gasteiger partial charge is 0.343 e. The molecule has 0 saturated heterocycles. The van der Waals surface area contributed by atoms with E-state index in [2.05, 4.69) is 41.1 Å². The summed E-state index contributed by atoms with van der Waals surface area (Å²) < 4.78 is 23.1. The van der Waals surface area contributed by atoms with Gasteiger partial charge in [0.2, 0.25) is 5.13 Å². The number of esters is 2. The van der Waals surface area contributed by atoms with Gasteiger partial charge < -0.3 is 18.9 Å². The minimum atomic E-state index is -0.530. The van der Waals surface area contributed by atoms with E-state index in [4.69, 9.17) is 18.9 Å². The lowest BCUT2D eigenvalue weighted by atomic mass is 9.77. The molecule has 1 aliphatic carbocycles. The molecule has 0 bridgehead atoms. The number of hydrogen-bond acceptors (Lipinski definition) is 10. The van der Waals surface area contributed by atoms with E-state index in [0.717, 1.165) is 35.1 Å². The van der Waals surface area contributed by atoms with Crippen molar-refractivity contribution in [3.63, 3.8) is 0 Å². The van der Waals surface area contributed by atoms with Gasteiger partial charge in [-0.15, -0.1) is 0 Å². The fourth-order valence-corrected chi connectivity index (χ4v) is 6.55. The summed E-state index contributed by atoms with van der Waals surface area (Å²) in [6.07, 6.45) is 9.66. The maximum absolute atomic E-state index is 13.2. The number of fused-ring (bicyclic) bond motifs is 1. The van der Waals surface area contributed by atoms with E-state index < -0.39 is 18.0 Å². The minimum Gasteiger partial charge on any atom is -0.491 e. The third-order valence-electron chi connectivity index (χ3n) is 8.35. The Morgan fingerprint density at radius 1 is 1.06 bits per heavy atom. The van der Waals surface area contributed by atoms with Crippen LogP contribution in [0, 0.1) is 5.92 Å². The molecular formula is C37H41N3O6S. The van der Waals surface area contributed by atoms with Crippen molar-refractivity contribution in [2.75, 3.05) is 25.7 Å². The summed E-state index contributed by atoms with van der Waals surface area (Å²) in [5.74, 6) is 1.21. The van der Waals surface area contributed by atoms with Gasteiger partial charge in [-0.05, 0) is 91.6 Å². The Morgan fingerprint density at radius 2 is 1.85 bits per heavy atom. The number of para-hydroxylation sites is 1. The first kappa shape index (κ1) is 33.8. The largest absolute Gasteiger partial charge is 0.491 e. The number of carbonyl (C=O) groups is 2. The van der Waals surface area contributed by atoms with E-state index in [9.17, 15) is 9.59 Å². The molecule has 1 N–H and O–H groups in total. The predicted octanol–water partition coefficient (Wildman–Crippen LogP) is 8.16. The first-order valence-corrected chi connectivity index (χ1v) is 16.8. The number of nitrogens with zero attached hydrogens (tertiary/aromatic N) is 2. The van der Waals surface area contributed by atoms with E-state index in [1.54, 1.807) is 30.5 Å². The minimum absolute atomic E-state index is 0.0342. The van der Waals surface area contributed by atoms with Crippen molar-refractivity contribution in [3.8, 4) is 11.5 Å². The topological polar surface area (TPSA) is 108 Å². The summed E-state index contributed by atoms with van der Waals surface area (Å²) in [7, 11) is 1.51. The van der Waals surface area contributed by atoms with Crippen molar-refractivity contribution >= 4 is 44.8 Å². The van der Waals surface area contributed by atoms with Gasteiger partial charge in [-0.25, -0.2) is 14.6 Å². The van der Waals surface area contributed by atoms with Crippen LogP contribution in [0.3, 0.4) is 0 Å². The summed E-state index contributed by atoms with van der Waals surface area (Å²) >= 11 is 1.52. The third kappa shape index (κ3) is 9.49. The Kier molecular flexibility index (Phi) is 12.1. The van der Waals surface area contributed by atoms with E-state index >= 15 is 0 Å². The fourth-order valence-electron chi connectivity index (χ4n) is 5.74. The van der Waals surface area contributed by atoms with Crippen molar-refractivity contribution in [2.24, 2.45) is 11.0 Å². The average molecular weight is 656 g/mol. The number of benzene rings is 3. The van der Waals surface area contributed by atoms with Crippen LogP contribution in [0.2, 0.25) is 0 Å². The van der Waals surface area contributed by atoms with Gasteiger partial charge in [0.1, 0.15) is 30.8 Å². The lowest BCUT2D eigenvalue weighted by Crippen LogP contribution is -2.27. The maximum atomic E-state index is 13.2. The van der Waals surface area contributed by atoms with E-state index in [0.29, 0.717) is 33.7 Å². The van der Waals surface area contributed by atoms with Gasteiger partial charge in [0.15, 0.2) is 0 Å². The van der Waals surface area contributed by atoms with Crippen LogP contribution in [0.5, 0.6) is 11.5 Å². The maximum Gasteiger partial charge on any atom is 0.343 e. The summed E-state index contributed by atoms with van der Waals surface area (Å²) in [5.41, 5.74) is 6.27. The Hall–Kier alpha value is -4.54. The first-order chi connectivity index (χ1) is 22.9. The van der Waals surface area contributed by atoms with Crippen molar-refractivity contribution in [3.05, 3.63) is 96.1 Å². The summed E-state index contributed by atoms with van der Waals surface area (Å²) in [4.78, 5) is 29.2. The van der Waals surface area contributed by atoms with E-state index in [-0.39, 0.29) is 13.2 Å². The summed E-state index contributed by atoms with van der Waals surface area (Å²) in [6.45, 7) is 5.83. The molecule has 9 nitrogen and oxygen atoms in total. The number of methoxy groups -OCH3 is 1. The zero-order chi connectivity index (χ0) is 33.0. The van der Waals surface area contributed by atoms with Gasteiger partial charge >= 0.3 is 11.9 Å². The number of aromatic nitrogens is 1. The molecule has 1 aromatic heterocycles. The second-order valence-corrected chi connectivity index (χ2v) is 12.6. The van der Waals surface area contributed by atoms with Crippen molar-refractivity contribution < 1.29 is 28.5 Å². The van der Waals surface area contributed by atoms with Crippen LogP contribution in [0.15, 0.2) is 84.5 Å². The number of ether oxygens (including phenoxy) is 4. The van der Waals surface area contributed by atoms with Crippen LogP contribution >= 0.6 is 11.3 Å². The fraction of sp³-hybridized carbons (Fsp3) is 0.351. The molecule has 0 radical (unpaired) electrons. The summed E-state index contributed by atoms with van der Waals surface area (Å²) in [6, 6.07) is 20.6. The molecule has 1 aliphatic rings. The molecule has 5 rings (SSSR count). The molecule has 47 heavy (non-hydrogen) atoms. The number of anilines is 1. The number of nitrogens with one attached hydrogen (secondary N) is 1. The van der Waals surface area contributed by atoms with Crippen LogP contribution < -0.4 is 14.9 Å². The molecule has 0 amide bonds. The SMILES string of the molecule is C=CC(=O)OCC(COc1ccc(C(=O)Oc2ccc(C3CCC(CCC)CC3)cc2/C=N/Nc2nc3ccccc3s2)cc1)OC. The normalized spacial score (nSPS) is 16.9. The van der Waals surface area contributed by atoms with Gasteiger partial charge in [0, 0.05) is 18.7 Å². The molecule has 4 aromatic rings. The van der Waals surface area contributed by atoms with Crippen molar-refractivity contribution in [1.29, 1.82) is 0 Å². The Bertz CT molecular complexity index is 1640. The van der Waals surface area contributed by atoms with E-state index in [1.807, 2.05) is 30.3 Å². The Labute approximate surface area is 279 Å². The van der Waals surface area contributed by atoms with Gasteiger partial charge in [0.05, 0.1) is 22.0 Å². The molecule has 246 valence electrons. The summed E-state index contributed by atoms with van der Waals surface area (Å²) in [5, 5.41) is 5.16. The van der Waals surface area contributed by atoms with Gasteiger partial charge in [-0.2, -0.15) is 5.10 Å². The molecule has 1 heterocycles. The quantitative estimate of drug-likeness (QED) is 0.0449. The van der Waals surface area contributed by atoms with Crippen LogP contribution in [0.4, 0.5) is 5.13 Å². The van der Waals surface area contributed by atoms with Crippen molar-refractivity contribution in [1.82, 2.24) is 4.98 Å². The number of hydrazone groups is 1. The van der Waals surface area contributed by atoms with Gasteiger partial charge in [-0.3, -0.25) is 5.43 Å². The highest BCUT2D eigenvalue weighted by molar-refractivity contribution is 7.22. The van der Waals surface area contributed by atoms with Crippen LogP contribution in [0.1, 0.15) is 72.9 Å². The lowest BCUT2D eigenvalue weighted by molar-refractivity contribution is -0.141.